The number of methoxy groups -OCH3 is 2. The van der Waals surface area contributed by atoms with Crippen molar-refractivity contribution in [3.05, 3.63) is 47.1 Å². The molecule has 0 unspecified atom stereocenters. The lowest BCUT2D eigenvalue weighted by Crippen LogP contribution is -2.52. The highest BCUT2D eigenvalue weighted by atomic mass is 16.5. The summed E-state index contributed by atoms with van der Waals surface area (Å²) < 4.78 is 10.8. The average molecular weight is 315 g/mol. The normalized spacial score (nSPS) is 32.0. The van der Waals surface area contributed by atoms with Crippen molar-refractivity contribution < 1.29 is 19.7 Å². The molecule has 0 saturated carbocycles. The number of ether oxygens (including phenoxy) is 2. The highest BCUT2D eigenvalue weighted by Gasteiger charge is 2.52. The minimum atomic E-state index is -0.593. The Morgan fingerprint density at radius 3 is 2.87 bits per heavy atom. The fourth-order valence-corrected chi connectivity index (χ4v) is 4.26. The summed E-state index contributed by atoms with van der Waals surface area (Å²) in [6, 6.07) is 3.51. The molecule has 1 aromatic rings. The lowest BCUT2D eigenvalue weighted by Gasteiger charge is -2.49. The quantitative estimate of drug-likeness (QED) is 0.872. The van der Waals surface area contributed by atoms with Crippen molar-refractivity contribution in [2.24, 2.45) is 0 Å². The maximum absolute atomic E-state index is 10.6. The van der Waals surface area contributed by atoms with Crippen LogP contribution in [0.5, 0.6) is 11.5 Å². The number of benzene rings is 1. The molecule has 0 saturated heterocycles. The fourth-order valence-electron chi connectivity index (χ4n) is 4.26. The maximum Gasteiger partial charge on any atom is 0.160 e. The topological polar surface area (TPSA) is 62.2 Å². The minimum Gasteiger partial charge on any atom is -0.504 e. The van der Waals surface area contributed by atoms with Gasteiger partial charge in [-0.1, -0.05) is 18.2 Å². The molecule has 1 spiro atoms. The van der Waals surface area contributed by atoms with Gasteiger partial charge >= 0.3 is 0 Å². The van der Waals surface area contributed by atoms with Crippen molar-refractivity contribution in [1.82, 2.24) is 4.90 Å². The van der Waals surface area contributed by atoms with Crippen molar-refractivity contribution in [2.45, 2.75) is 24.2 Å². The van der Waals surface area contributed by atoms with Gasteiger partial charge in [-0.25, -0.2) is 0 Å². The number of aromatic hydroxyl groups is 1. The first-order valence-electron chi connectivity index (χ1n) is 7.86. The Morgan fingerprint density at radius 1 is 1.30 bits per heavy atom. The lowest BCUT2D eigenvalue weighted by atomic mass is 9.71. The molecule has 5 heteroatoms. The molecule has 0 fully saturated rings. The van der Waals surface area contributed by atoms with E-state index in [2.05, 4.69) is 23.1 Å². The van der Waals surface area contributed by atoms with Crippen molar-refractivity contribution in [3.63, 3.8) is 0 Å². The summed E-state index contributed by atoms with van der Waals surface area (Å²) in [6.07, 6.45) is 6.59. The number of fused-ring (bicyclic) bond motifs is 1. The summed E-state index contributed by atoms with van der Waals surface area (Å²) >= 11 is 0. The standard InChI is InChI=1S/C18H21NO4/c1-22-12-4-3-11-5-6-19-10-16(21)13-7-17(23-2)15(20)8-14(13)18(11,19)9-12/h3-5,7-8,12,16,20-21H,6,9-10H2,1-2H3/t12-,16-,18+/m1/s1. The van der Waals surface area contributed by atoms with E-state index in [0.29, 0.717) is 12.3 Å². The molecule has 1 aliphatic carbocycles. The molecule has 0 aromatic heterocycles. The van der Waals surface area contributed by atoms with Gasteiger partial charge in [-0.15, -0.1) is 0 Å². The summed E-state index contributed by atoms with van der Waals surface area (Å²) in [5.41, 5.74) is 2.65. The van der Waals surface area contributed by atoms with E-state index in [0.717, 1.165) is 24.1 Å². The third-order valence-electron chi connectivity index (χ3n) is 5.39. The van der Waals surface area contributed by atoms with Gasteiger partial charge in [-0.2, -0.15) is 0 Å². The predicted octanol–water partition coefficient (Wildman–Crippen LogP) is 1.86. The van der Waals surface area contributed by atoms with Crippen molar-refractivity contribution in [3.8, 4) is 11.5 Å². The summed E-state index contributed by atoms with van der Waals surface area (Å²) in [4.78, 5) is 2.27. The SMILES string of the molecule is COc1cc2c(cc1O)[C@]13C[C@H](OC)C=CC1=CCN3C[C@H]2O. The zero-order valence-corrected chi connectivity index (χ0v) is 13.3. The molecular formula is C18H21NO4. The second kappa shape index (κ2) is 5.09. The van der Waals surface area contributed by atoms with Crippen LogP contribution in [0.25, 0.3) is 0 Å². The molecule has 3 aliphatic rings. The van der Waals surface area contributed by atoms with Gasteiger partial charge in [-0.3, -0.25) is 4.90 Å². The molecule has 2 N–H and O–H groups in total. The number of aliphatic hydroxyl groups is 1. The molecule has 0 radical (unpaired) electrons. The van der Waals surface area contributed by atoms with Gasteiger partial charge in [0, 0.05) is 26.6 Å². The van der Waals surface area contributed by atoms with Gasteiger partial charge in [0.2, 0.25) is 0 Å². The van der Waals surface area contributed by atoms with Crippen LogP contribution in [-0.2, 0) is 10.3 Å². The van der Waals surface area contributed by atoms with Gasteiger partial charge in [0.15, 0.2) is 11.5 Å². The van der Waals surface area contributed by atoms with Crippen LogP contribution in [-0.4, -0.2) is 48.5 Å². The van der Waals surface area contributed by atoms with Gasteiger partial charge in [0.05, 0.1) is 24.9 Å². The third-order valence-corrected chi connectivity index (χ3v) is 5.39. The van der Waals surface area contributed by atoms with E-state index in [9.17, 15) is 10.2 Å². The second-order valence-electron chi connectivity index (χ2n) is 6.39. The Balaban J connectivity index is 1.94. The van der Waals surface area contributed by atoms with E-state index >= 15 is 0 Å². The first-order chi connectivity index (χ1) is 11.1. The zero-order chi connectivity index (χ0) is 16.2. The summed E-state index contributed by atoms with van der Waals surface area (Å²) in [5.74, 6) is 0.496. The van der Waals surface area contributed by atoms with Crippen LogP contribution in [0.3, 0.4) is 0 Å². The molecule has 122 valence electrons. The molecule has 0 amide bonds. The summed E-state index contributed by atoms with van der Waals surface area (Å²) in [7, 11) is 3.23. The Morgan fingerprint density at radius 2 is 2.13 bits per heavy atom. The predicted molar refractivity (Wildman–Crippen MR) is 85.5 cm³/mol. The second-order valence-corrected chi connectivity index (χ2v) is 6.39. The Kier molecular flexibility index (Phi) is 3.27. The van der Waals surface area contributed by atoms with Crippen molar-refractivity contribution in [1.29, 1.82) is 0 Å². The van der Waals surface area contributed by atoms with E-state index in [1.165, 1.54) is 12.7 Å². The minimum absolute atomic E-state index is 0.0140. The van der Waals surface area contributed by atoms with Gasteiger partial charge in [0.1, 0.15) is 0 Å². The molecule has 2 heterocycles. The largest absolute Gasteiger partial charge is 0.504 e. The smallest absolute Gasteiger partial charge is 0.160 e. The number of phenolic OH excluding ortho intramolecular Hbond substituents is 1. The van der Waals surface area contributed by atoms with Crippen LogP contribution < -0.4 is 4.74 Å². The Bertz CT molecular complexity index is 711. The molecule has 3 atom stereocenters. The number of hydrogen-bond acceptors (Lipinski definition) is 5. The first kappa shape index (κ1) is 14.8. The van der Waals surface area contributed by atoms with Crippen LogP contribution in [0.4, 0.5) is 0 Å². The summed E-state index contributed by atoms with van der Waals surface area (Å²) in [5, 5.41) is 20.9. The summed E-state index contributed by atoms with van der Waals surface area (Å²) in [6.45, 7) is 1.35. The van der Waals surface area contributed by atoms with Gasteiger partial charge in [0.25, 0.3) is 0 Å². The van der Waals surface area contributed by atoms with Crippen molar-refractivity contribution >= 4 is 0 Å². The molecule has 4 rings (SSSR count). The molecule has 5 nitrogen and oxygen atoms in total. The van der Waals surface area contributed by atoms with E-state index in [-0.39, 0.29) is 17.4 Å². The number of rotatable bonds is 2. The van der Waals surface area contributed by atoms with Gasteiger partial charge in [-0.05, 0) is 28.8 Å². The number of aliphatic hydroxyl groups excluding tert-OH is 1. The molecular weight excluding hydrogens is 294 g/mol. The number of hydrogen-bond donors (Lipinski definition) is 2. The van der Waals surface area contributed by atoms with Crippen LogP contribution in [0.1, 0.15) is 23.7 Å². The number of nitrogens with zero attached hydrogens (tertiary/aromatic N) is 1. The van der Waals surface area contributed by atoms with E-state index in [1.54, 1.807) is 19.2 Å². The number of phenols is 1. The van der Waals surface area contributed by atoms with E-state index < -0.39 is 6.10 Å². The lowest BCUT2D eigenvalue weighted by molar-refractivity contribution is 0.0107. The molecule has 2 aliphatic heterocycles. The monoisotopic (exact) mass is 315 g/mol. The highest BCUT2D eigenvalue weighted by Crippen LogP contribution is 2.54. The van der Waals surface area contributed by atoms with Crippen LogP contribution in [0.15, 0.2) is 35.9 Å². The molecule has 0 bridgehead atoms. The highest BCUT2D eigenvalue weighted by molar-refractivity contribution is 5.57. The maximum atomic E-state index is 10.6. The van der Waals surface area contributed by atoms with E-state index in [4.69, 9.17) is 9.47 Å². The van der Waals surface area contributed by atoms with Crippen LogP contribution >= 0.6 is 0 Å². The Hall–Kier alpha value is -1.82. The zero-order valence-electron chi connectivity index (χ0n) is 13.3. The third kappa shape index (κ3) is 1.90. The van der Waals surface area contributed by atoms with Crippen molar-refractivity contribution in [2.75, 3.05) is 27.3 Å². The molecule has 1 aromatic carbocycles. The van der Waals surface area contributed by atoms with Crippen LogP contribution in [0, 0.1) is 0 Å². The fraction of sp³-hybridized carbons (Fsp3) is 0.444. The van der Waals surface area contributed by atoms with Gasteiger partial charge < -0.3 is 19.7 Å². The first-order valence-corrected chi connectivity index (χ1v) is 7.86. The Labute approximate surface area is 135 Å². The van der Waals surface area contributed by atoms with Crippen LogP contribution in [0.2, 0.25) is 0 Å². The molecule has 23 heavy (non-hydrogen) atoms. The van der Waals surface area contributed by atoms with E-state index in [1.807, 2.05) is 0 Å². The average Bonchev–Trinajstić information content (AvgIpc) is 2.93.